The molecule has 4 rings (SSSR count). The molecule has 0 aromatic heterocycles. The standard InChI is InChI=1S/C34H42F4N4O3/c1-5-29(33(35,6-2)24-7-10-26(45-4)11-8-24)32(44)42-20-23(13-16-39)28(21-42)27-12-9-25(34(36,37)38)19-30(27)41-17-14-22(15-18-41)31(43)40-3/h7-12,19,22-23,28-29H,5-6,13-15,17-18,20-21H2,1-4H3,(H,40,43)/t23-,28?,29?,33-/m0/s1. The predicted octanol–water partition coefficient (Wildman–Crippen LogP) is 6.43. The molecule has 0 radical (unpaired) electrons. The van der Waals surface area contributed by atoms with E-state index in [1.54, 1.807) is 50.1 Å². The number of halogens is 4. The topological polar surface area (TPSA) is 85.7 Å². The summed E-state index contributed by atoms with van der Waals surface area (Å²) in [6.45, 7) is 4.63. The Balaban J connectivity index is 1.67. The lowest BCUT2D eigenvalue weighted by atomic mass is 9.78. The van der Waals surface area contributed by atoms with E-state index in [1.807, 2.05) is 4.90 Å². The summed E-state index contributed by atoms with van der Waals surface area (Å²) in [7, 11) is 3.09. The van der Waals surface area contributed by atoms with E-state index < -0.39 is 29.2 Å². The summed E-state index contributed by atoms with van der Waals surface area (Å²) in [5.74, 6) is -1.86. The van der Waals surface area contributed by atoms with Gasteiger partial charge in [0.05, 0.1) is 24.7 Å². The number of methoxy groups -OCH3 is 1. The van der Waals surface area contributed by atoms with Crippen LogP contribution in [-0.2, 0) is 21.4 Å². The van der Waals surface area contributed by atoms with Crippen molar-refractivity contribution in [2.45, 2.75) is 63.7 Å². The second-order valence-electron chi connectivity index (χ2n) is 12.0. The van der Waals surface area contributed by atoms with Crippen LogP contribution in [0, 0.1) is 29.1 Å². The molecule has 2 amide bonds. The summed E-state index contributed by atoms with van der Waals surface area (Å²) < 4.78 is 63.6. The molecule has 2 aliphatic rings. The third-order valence-corrected chi connectivity index (χ3v) is 9.66. The first-order valence-electron chi connectivity index (χ1n) is 15.6. The van der Waals surface area contributed by atoms with Crippen LogP contribution in [0.3, 0.4) is 0 Å². The Bertz CT molecular complexity index is 1390. The Hall–Kier alpha value is -3.81. The first-order valence-corrected chi connectivity index (χ1v) is 15.6. The van der Waals surface area contributed by atoms with Crippen molar-refractivity contribution < 1.29 is 31.9 Å². The molecule has 2 aromatic carbocycles. The van der Waals surface area contributed by atoms with E-state index in [0.717, 1.165) is 12.1 Å². The fourth-order valence-electron chi connectivity index (χ4n) is 7.06. The molecule has 0 bridgehead atoms. The monoisotopic (exact) mass is 630 g/mol. The van der Waals surface area contributed by atoms with E-state index in [0.29, 0.717) is 48.5 Å². The molecule has 4 atom stereocenters. The average molecular weight is 631 g/mol. The zero-order valence-corrected chi connectivity index (χ0v) is 26.3. The number of piperidine rings is 1. The summed E-state index contributed by atoms with van der Waals surface area (Å²) in [4.78, 5) is 29.8. The summed E-state index contributed by atoms with van der Waals surface area (Å²) >= 11 is 0. The number of anilines is 1. The van der Waals surface area contributed by atoms with Crippen LogP contribution in [0.2, 0.25) is 0 Å². The van der Waals surface area contributed by atoms with Crippen LogP contribution >= 0.6 is 0 Å². The second-order valence-corrected chi connectivity index (χ2v) is 12.0. The number of benzene rings is 2. The lowest BCUT2D eigenvalue weighted by Crippen LogP contribution is -2.43. The molecule has 7 nitrogen and oxygen atoms in total. The largest absolute Gasteiger partial charge is 0.497 e. The third kappa shape index (κ3) is 7.05. The molecule has 0 spiro atoms. The van der Waals surface area contributed by atoms with Gasteiger partial charge in [0, 0.05) is 57.2 Å². The quantitative estimate of drug-likeness (QED) is 0.306. The van der Waals surface area contributed by atoms with E-state index in [-0.39, 0.29) is 56.0 Å². The Morgan fingerprint density at radius 1 is 1.04 bits per heavy atom. The average Bonchev–Trinajstić information content (AvgIpc) is 3.47. The molecule has 11 heteroatoms. The van der Waals surface area contributed by atoms with Crippen LogP contribution < -0.4 is 15.0 Å². The highest BCUT2D eigenvalue weighted by Gasteiger charge is 2.47. The van der Waals surface area contributed by atoms with Crippen LogP contribution in [0.5, 0.6) is 5.75 Å². The van der Waals surface area contributed by atoms with Gasteiger partial charge in [-0.1, -0.05) is 32.0 Å². The first-order chi connectivity index (χ1) is 21.4. The summed E-state index contributed by atoms with van der Waals surface area (Å²) in [6.07, 6.45) is -3.17. The fraction of sp³-hybridized carbons (Fsp3) is 0.559. The van der Waals surface area contributed by atoms with E-state index in [1.165, 1.54) is 13.2 Å². The molecule has 2 unspecified atom stereocenters. The molecule has 0 aliphatic carbocycles. The van der Waals surface area contributed by atoms with E-state index in [9.17, 15) is 28.0 Å². The van der Waals surface area contributed by atoms with Crippen molar-refractivity contribution in [3.8, 4) is 11.8 Å². The highest BCUT2D eigenvalue weighted by atomic mass is 19.4. The molecule has 0 saturated carbocycles. The maximum Gasteiger partial charge on any atom is 0.416 e. The molecular weight excluding hydrogens is 588 g/mol. The summed E-state index contributed by atoms with van der Waals surface area (Å²) in [5.41, 5.74) is -1.33. The molecule has 2 aromatic rings. The Morgan fingerprint density at radius 3 is 2.22 bits per heavy atom. The van der Waals surface area contributed by atoms with Gasteiger partial charge in [-0.3, -0.25) is 9.59 Å². The highest BCUT2D eigenvalue weighted by molar-refractivity contribution is 5.81. The van der Waals surface area contributed by atoms with Crippen molar-refractivity contribution in [3.63, 3.8) is 0 Å². The van der Waals surface area contributed by atoms with Gasteiger partial charge in [0.2, 0.25) is 11.8 Å². The zero-order valence-electron chi connectivity index (χ0n) is 26.3. The van der Waals surface area contributed by atoms with Gasteiger partial charge >= 0.3 is 6.18 Å². The number of carbonyl (C=O) groups is 2. The van der Waals surface area contributed by atoms with Crippen molar-refractivity contribution in [3.05, 3.63) is 59.2 Å². The van der Waals surface area contributed by atoms with Crippen molar-refractivity contribution in [2.75, 3.05) is 45.2 Å². The first kappa shape index (κ1) is 34.1. The Kier molecular flexibility index (Phi) is 10.7. The van der Waals surface area contributed by atoms with Gasteiger partial charge in [-0.05, 0) is 67.0 Å². The minimum Gasteiger partial charge on any atom is -0.497 e. The number of likely N-dealkylation sites (tertiary alicyclic amines) is 1. The predicted molar refractivity (Wildman–Crippen MR) is 163 cm³/mol. The van der Waals surface area contributed by atoms with Crippen LogP contribution in [0.15, 0.2) is 42.5 Å². The lowest BCUT2D eigenvalue weighted by molar-refractivity contribution is -0.141. The van der Waals surface area contributed by atoms with Crippen LogP contribution in [0.25, 0.3) is 0 Å². The minimum atomic E-state index is -4.56. The zero-order chi connectivity index (χ0) is 32.9. The third-order valence-electron chi connectivity index (χ3n) is 9.66. The number of amides is 2. The summed E-state index contributed by atoms with van der Waals surface area (Å²) in [6, 6.07) is 12.4. The summed E-state index contributed by atoms with van der Waals surface area (Å²) in [5, 5.41) is 12.3. The molecular formula is C34H42F4N4O3. The number of nitrogens with zero attached hydrogens (tertiary/aromatic N) is 3. The number of hydrogen-bond donors (Lipinski definition) is 1. The van der Waals surface area contributed by atoms with Gasteiger partial charge in [-0.15, -0.1) is 0 Å². The van der Waals surface area contributed by atoms with Gasteiger partial charge in [0.15, 0.2) is 0 Å². The maximum absolute atomic E-state index is 16.8. The molecule has 1 N–H and O–H groups in total. The van der Waals surface area contributed by atoms with Gasteiger partial charge in [0.1, 0.15) is 11.4 Å². The van der Waals surface area contributed by atoms with Crippen LogP contribution in [0.1, 0.15) is 68.6 Å². The van der Waals surface area contributed by atoms with Crippen LogP contribution in [-0.4, -0.2) is 57.1 Å². The van der Waals surface area contributed by atoms with Gasteiger partial charge in [-0.25, -0.2) is 4.39 Å². The number of rotatable bonds is 10. The molecule has 244 valence electrons. The molecule has 2 aliphatic heterocycles. The van der Waals surface area contributed by atoms with Crippen molar-refractivity contribution >= 4 is 17.5 Å². The highest BCUT2D eigenvalue weighted by Crippen LogP contribution is 2.46. The second kappa shape index (κ2) is 14.1. The van der Waals surface area contributed by atoms with Gasteiger partial charge in [-0.2, -0.15) is 18.4 Å². The number of nitriles is 1. The van der Waals surface area contributed by atoms with Gasteiger partial charge < -0.3 is 19.9 Å². The van der Waals surface area contributed by atoms with Gasteiger partial charge in [0.25, 0.3) is 0 Å². The number of ether oxygens (including phenoxy) is 1. The molecule has 2 saturated heterocycles. The number of alkyl halides is 4. The van der Waals surface area contributed by atoms with E-state index in [4.69, 9.17) is 4.74 Å². The van der Waals surface area contributed by atoms with E-state index >= 15 is 4.39 Å². The minimum absolute atomic E-state index is 0.0670. The number of hydrogen-bond acceptors (Lipinski definition) is 5. The molecule has 45 heavy (non-hydrogen) atoms. The molecule has 2 heterocycles. The fourth-order valence-corrected chi connectivity index (χ4v) is 7.06. The maximum atomic E-state index is 16.8. The number of carbonyl (C=O) groups excluding carboxylic acids is 2. The SMILES string of the molecule is CCC(C(=O)N1CC(c2ccc(C(F)(F)F)cc2N2CCC(C(=O)NC)CC2)[C@@H](CC#N)C1)[C@](F)(CC)c1ccc(OC)cc1. The Labute approximate surface area is 262 Å². The van der Waals surface area contributed by atoms with Crippen LogP contribution in [0.4, 0.5) is 23.2 Å². The Morgan fingerprint density at radius 2 is 1.69 bits per heavy atom. The van der Waals surface area contributed by atoms with Crippen molar-refractivity contribution in [1.29, 1.82) is 5.26 Å². The lowest BCUT2D eigenvalue weighted by Gasteiger charge is -2.36. The number of nitrogens with one attached hydrogen (secondary N) is 1. The smallest absolute Gasteiger partial charge is 0.416 e. The molecule has 2 fully saturated rings. The van der Waals surface area contributed by atoms with Crippen molar-refractivity contribution in [2.24, 2.45) is 17.8 Å². The normalized spacial score (nSPS) is 21.1. The van der Waals surface area contributed by atoms with Crippen molar-refractivity contribution in [1.82, 2.24) is 10.2 Å². The van der Waals surface area contributed by atoms with E-state index in [2.05, 4.69) is 11.4 Å².